The molecule has 0 radical (unpaired) electrons. The van der Waals surface area contributed by atoms with E-state index in [2.05, 4.69) is 19.8 Å². The maximum absolute atomic E-state index is 13.4. The molecule has 0 aliphatic carbocycles. The summed E-state index contributed by atoms with van der Waals surface area (Å²) in [6.45, 7) is 2.87. The third-order valence-corrected chi connectivity index (χ3v) is 7.20. The second kappa shape index (κ2) is 9.14. The van der Waals surface area contributed by atoms with Gasteiger partial charge in [0.15, 0.2) is 16.8 Å². The average Bonchev–Trinajstić information content (AvgIpc) is 3.39. The van der Waals surface area contributed by atoms with Crippen molar-refractivity contribution in [3.8, 4) is 28.5 Å². The predicted molar refractivity (Wildman–Crippen MR) is 134 cm³/mol. The summed E-state index contributed by atoms with van der Waals surface area (Å²) < 4.78 is 9.16. The highest BCUT2D eigenvalue weighted by atomic mass is 32.2. The number of thioether (sulfide) groups is 1. The van der Waals surface area contributed by atoms with E-state index in [1.54, 1.807) is 11.8 Å². The minimum absolute atomic E-state index is 0.109. The van der Waals surface area contributed by atoms with E-state index in [4.69, 9.17) is 9.51 Å². The van der Waals surface area contributed by atoms with Crippen LogP contribution in [-0.4, -0.2) is 29.5 Å². The SMILES string of the molecule is Cc1cccc(-c2nc(CSc3nc4nn(-c5ccccc5)c(=O)c-4c4n3CCCCC4)no2)c1. The van der Waals surface area contributed by atoms with Gasteiger partial charge in [-0.25, -0.2) is 4.98 Å². The molecule has 9 heteroatoms. The molecule has 0 fully saturated rings. The van der Waals surface area contributed by atoms with Crippen molar-refractivity contribution in [1.82, 2.24) is 29.5 Å². The molecule has 2 aromatic carbocycles. The van der Waals surface area contributed by atoms with Gasteiger partial charge in [-0.05, 0) is 50.5 Å². The molecule has 35 heavy (non-hydrogen) atoms. The van der Waals surface area contributed by atoms with Gasteiger partial charge in [0.25, 0.3) is 11.4 Å². The van der Waals surface area contributed by atoms with Crippen LogP contribution in [0.5, 0.6) is 0 Å². The van der Waals surface area contributed by atoms with Crippen LogP contribution in [0.4, 0.5) is 0 Å². The minimum atomic E-state index is -0.109. The topological polar surface area (TPSA) is 91.6 Å². The number of hydrogen-bond donors (Lipinski definition) is 0. The Morgan fingerprint density at radius 3 is 2.77 bits per heavy atom. The van der Waals surface area contributed by atoms with Gasteiger partial charge in [-0.2, -0.15) is 9.67 Å². The van der Waals surface area contributed by atoms with Crippen molar-refractivity contribution >= 4 is 11.8 Å². The van der Waals surface area contributed by atoms with Crippen LogP contribution < -0.4 is 5.56 Å². The van der Waals surface area contributed by atoms with Gasteiger partial charge in [0.1, 0.15) is 5.56 Å². The van der Waals surface area contributed by atoms with E-state index in [-0.39, 0.29) is 5.56 Å². The summed E-state index contributed by atoms with van der Waals surface area (Å²) in [6, 6.07) is 17.5. The van der Waals surface area contributed by atoms with E-state index < -0.39 is 0 Å². The molecule has 6 rings (SSSR count). The Hall–Kier alpha value is -3.72. The van der Waals surface area contributed by atoms with Crippen LogP contribution in [0.2, 0.25) is 0 Å². The number of aromatic nitrogens is 6. The van der Waals surface area contributed by atoms with Gasteiger partial charge in [0, 0.05) is 17.8 Å². The van der Waals surface area contributed by atoms with E-state index in [1.807, 2.05) is 61.5 Å². The monoisotopic (exact) mass is 484 g/mol. The van der Waals surface area contributed by atoms with E-state index in [0.717, 1.165) is 59.9 Å². The van der Waals surface area contributed by atoms with E-state index in [1.165, 1.54) is 4.68 Å². The van der Waals surface area contributed by atoms with Crippen molar-refractivity contribution in [3.05, 3.63) is 82.0 Å². The zero-order valence-electron chi connectivity index (χ0n) is 19.3. The molecular formula is C26H24N6O2S. The van der Waals surface area contributed by atoms with Crippen LogP contribution in [0.25, 0.3) is 28.5 Å². The van der Waals surface area contributed by atoms with Crippen LogP contribution in [0.3, 0.4) is 0 Å². The second-order valence-corrected chi connectivity index (χ2v) is 9.67. The number of benzene rings is 2. The summed E-state index contributed by atoms with van der Waals surface area (Å²) in [5, 5.41) is 9.61. The number of rotatable bonds is 5. The van der Waals surface area contributed by atoms with Gasteiger partial charge in [0.2, 0.25) is 0 Å². The minimum Gasteiger partial charge on any atom is -0.334 e. The zero-order valence-corrected chi connectivity index (χ0v) is 20.2. The number of hydrogen-bond acceptors (Lipinski definition) is 7. The first-order chi connectivity index (χ1) is 17.2. The highest BCUT2D eigenvalue weighted by molar-refractivity contribution is 7.98. The van der Waals surface area contributed by atoms with Gasteiger partial charge in [-0.1, -0.05) is 59.2 Å². The summed E-state index contributed by atoms with van der Waals surface area (Å²) in [7, 11) is 0. The van der Waals surface area contributed by atoms with E-state index in [9.17, 15) is 4.79 Å². The molecule has 3 aromatic rings. The zero-order chi connectivity index (χ0) is 23.8. The molecule has 0 saturated carbocycles. The Labute approximate surface area is 206 Å². The Morgan fingerprint density at radius 1 is 1.03 bits per heavy atom. The Morgan fingerprint density at radius 2 is 1.91 bits per heavy atom. The van der Waals surface area contributed by atoms with Crippen molar-refractivity contribution in [3.63, 3.8) is 0 Å². The third kappa shape index (κ3) is 4.16. The Kier molecular flexibility index (Phi) is 5.69. The molecule has 0 saturated heterocycles. The highest BCUT2D eigenvalue weighted by Gasteiger charge is 2.27. The lowest BCUT2D eigenvalue weighted by Crippen LogP contribution is -2.19. The first-order valence-corrected chi connectivity index (χ1v) is 12.8. The number of nitrogens with zero attached hydrogens (tertiary/aromatic N) is 6. The largest absolute Gasteiger partial charge is 0.334 e. The molecule has 0 unspecified atom stereocenters. The van der Waals surface area contributed by atoms with Crippen molar-refractivity contribution in [2.24, 2.45) is 0 Å². The highest BCUT2D eigenvalue weighted by Crippen LogP contribution is 2.31. The average molecular weight is 485 g/mol. The molecule has 0 atom stereocenters. The van der Waals surface area contributed by atoms with Crippen LogP contribution in [-0.2, 0) is 18.7 Å². The van der Waals surface area contributed by atoms with Crippen LogP contribution >= 0.6 is 11.8 Å². The first-order valence-electron chi connectivity index (χ1n) is 11.8. The summed E-state index contributed by atoms with van der Waals surface area (Å²) in [5.41, 5.74) is 4.33. The fourth-order valence-electron chi connectivity index (χ4n) is 4.54. The van der Waals surface area contributed by atoms with Crippen LogP contribution in [0.1, 0.15) is 36.3 Å². The van der Waals surface area contributed by atoms with Crippen molar-refractivity contribution in [2.75, 3.05) is 0 Å². The lowest BCUT2D eigenvalue weighted by atomic mass is 10.1. The van der Waals surface area contributed by atoms with Gasteiger partial charge in [0.05, 0.1) is 11.4 Å². The molecule has 0 amide bonds. The van der Waals surface area contributed by atoms with Crippen LogP contribution in [0.15, 0.2) is 69.1 Å². The molecule has 1 aromatic heterocycles. The van der Waals surface area contributed by atoms with Gasteiger partial charge in [-0.15, -0.1) is 5.10 Å². The van der Waals surface area contributed by atoms with Crippen molar-refractivity contribution in [2.45, 2.75) is 50.1 Å². The third-order valence-electron chi connectivity index (χ3n) is 6.23. The lowest BCUT2D eigenvalue weighted by molar-refractivity contribution is 0.425. The maximum atomic E-state index is 13.4. The normalized spacial score (nSPS) is 13.6. The second-order valence-electron chi connectivity index (χ2n) is 8.73. The molecule has 0 bridgehead atoms. The molecular weight excluding hydrogens is 460 g/mol. The summed E-state index contributed by atoms with van der Waals surface area (Å²) >= 11 is 1.55. The summed E-state index contributed by atoms with van der Waals surface area (Å²) in [5.74, 6) is 2.12. The maximum Gasteiger partial charge on any atom is 0.284 e. The number of para-hydroxylation sites is 1. The number of aryl methyl sites for hydroxylation is 1. The van der Waals surface area contributed by atoms with E-state index in [0.29, 0.717) is 28.9 Å². The molecule has 176 valence electrons. The van der Waals surface area contributed by atoms with Crippen molar-refractivity contribution in [1.29, 1.82) is 0 Å². The first kappa shape index (κ1) is 21.8. The number of fused-ring (bicyclic) bond motifs is 3. The van der Waals surface area contributed by atoms with Crippen LogP contribution in [0, 0.1) is 6.92 Å². The Bertz CT molecular complexity index is 1520. The van der Waals surface area contributed by atoms with Gasteiger partial charge < -0.3 is 9.09 Å². The standard InChI is InChI=1S/C26H24N6O2S/c1-17-9-8-10-18(15-17)24-27-21(30-34-24)16-35-26-28-23-22(20-13-6-3-7-14-31(20)26)25(33)32(29-23)19-11-4-2-5-12-19/h2,4-5,8-12,15H,3,6-7,13-14,16H2,1H3. The quantitative estimate of drug-likeness (QED) is 0.258. The fraction of sp³-hybridized carbons (Fsp3) is 0.269. The molecule has 3 aliphatic heterocycles. The van der Waals surface area contributed by atoms with Crippen molar-refractivity contribution < 1.29 is 4.52 Å². The molecule has 3 aliphatic rings. The summed E-state index contributed by atoms with van der Waals surface area (Å²) in [4.78, 5) is 22.8. The molecule has 4 heterocycles. The van der Waals surface area contributed by atoms with Gasteiger partial charge >= 0.3 is 0 Å². The molecule has 8 nitrogen and oxygen atoms in total. The van der Waals surface area contributed by atoms with E-state index >= 15 is 0 Å². The molecule has 0 spiro atoms. The smallest absolute Gasteiger partial charge is 0.284 e. The summed E-state index contributed by atoms with van der Waals surface area (Å²) in [6.07, 6.45) is 4.06. The molecule has 0 N–H and O–H groups in total. The van der Waals surface area contributed by atoms with Gasteiger partial charge in [-0.3, -0.25) is 4.79 Å². The Balaban J connectivity index is 1.36. The fourth-order valence-corrected chi connectivity index (χ4v) is 5.43. The lowest BCUT2D eigenvalue weighted by Gasteiger charge is -2.17. The predicted octanol–water partition coefficient (Wildman–Crippen LogP) is 4.91.